The Hall–Kier alpha value is -1.42. The van der Waals surface area contributed by atoms with Crippen LogP contribution >= 0.6 is 0 Å². The molecule has 0 aliphatic rings. The summed E-state index contributed by atoms with van der Waals surface area (Å²) in [5.74, 6) is 0. The fraction of sp³-hybridized carbons (Fsp3) is 0.250. The van der Waals surface area contributed by atoms with Crippen molar-refractivity contribution in [1.29, 1.82) is 0 Å². The van der Waals surface area contributed by atoms with E-state index in [1.807, 2.05) is 0 Å². The Morgan fingerprint density at radius 1 is 1.42 bits per heavy atom. The zero-order chi connectivity index (χ0) is 9.14. The maximum Gasteiger partial charge on any atom is 0.121 e. The van der Waals surface area contributed by atoms with E-state index in [-0.39, 0.29) is 0 Å². The van der Waals surface area contributed by atoms with Crippen molar-refractivity contribution < 1.29 is 5.11 Å². The molecule has 0 radical (unpaired) electrons. The van der Waals surface area contributed by atoms with E-state index in [1.54, 1.807) is 25.1 Å². The molecule has 0 fully saturated rings. The first-order chi connectivity index (χ1) is 5.59. The molecule has 0 spiro atoms. The Morgan fingerprint density at radius 3 is 2.58 bits per heavy atom. The van der Waals surface area contributed by atoms with Gasteiger partial charge in [-0.1, -0.05) is 0 Å². The van der Waals surface area contributed by atoms with Gasteiger partial charge in [0.2, 0.25) is 0 Å². The van der Waals surface area contributed by atoms with Gasteiger partial charge in [0.25, 0.3) is 0 Å². The van der Waals surface area contributed by atoms with Crippen molar-refractivity contribution in [3.8, 4) is 0 Å². The van der Waals surface area contributed by atoms with E-state index < -0.39 is 6.23 Å². The third-order valence-corrected chi connectivity index (χ3v) is 1.44. The van der Waals surface area contributed by atoms with E-state index in [9.17, 15) is 0 Å². The molecule has 0 heterocycles. The summed E-state index contributed by atoms with van der Waals surface area (Å²) in [5.41, 5.74) is 13.0. The van der Waals surface area contributed by atoms with Crippen LogP contribution in [0.5, 0.6) is 0 Å². The SMILES string of the molecule is CC(O)Nc1ccc(N)cc1N. The summed E-state index contributed by atoms with van der Waals surface area (Å²) in [6.45, 7) is 1.62. The first kappa shape index (κ1) is 8.67. The number of nitrogens with two attached hydrogens (primary N) is 2. The second-order valence-corrected chi connectivity index (χ2v) is 2.67. The van der Waals surface area contributed by atoms with Crippen LogP contribution in [0.1, 0.15) is 6.92 Å². The highest BCUT2D eigenvalue weighted by molar-refractivity contribution is 5.70. The lowest BCUT2D eigenvalue weighted by Gasteiger charge is -2.11. The fourth-order valence-electron chi connectivity index (χ4n) is 0.938. The van der Waals surface area contributed by atoms with E-state index in [0.29, 0.717) is 17.1 Å². The zero-order valence-electron chi connectivity index (χ0n) is 6.91. The van der Waals surface area contributed by atoms with Crippen LogP contribution in [0.15, 0.2) is 18.2 Å². The summed E-state index contributed by atoms with van der Waals surface area (Å²) in [4.78, 5) is 0. The Balaban J connectivity index is 2.86. The van der Waals surface area contributed by atoms with Crippen molar-refractivity contribution in [2.24, 2.45) is 0 Å². The summed E-state index contributed by atoms with van der Waals surface area (Å²) in [6.07, 6.45) is -0.615. The Labute approximate surface area is 71.2 Å². The molecule has 0 saturated carbocycles. The number of nitrogens with one attached hydrogen (secondary N) is 1. The van der Waals surface area contributed by atoms with Crippen molar-refractivity contribution in [3.05, 3.63) is 18.2 Å². The van der Waals surface area contributed by atoms with Gasteiger partial charge in [-0.3, -0.25) is 0 Å². The van der Waals surface area contributed by atoms with Crippen molar-refractivity contribution in [3.63, 3.8) is 0 Å². The number of hydrogen-bond acceptors (Lipinski definition) is 4. The molecule has 0 aliphatic carbocycles. The lowest BCUT2D eigenvalue weighted by molar-refractivity contribution is 0.224. The number of rotatable bonds is 2. The molecule has 0 amide bonds. The quantitative estimate of drug-likeness (QED) is 0.384. The number of aliphatic hydroxyl groups is 1. The van der Waals surface area contributed by atoms with E-state index in [0.717, 1.165) is 0 Å². The molecule has 1 atom stereocenters. The number of aliphatic hydroxyl groups excluding tert-OH is 1. The summed E-state index contributed by atoms with van der Waals surface area (Å²) < 4.78 is 0. The van der Waals surface area contributed by atoms with E-state index in [1.165, 1.54) is 0 Å². The van der Waals surface area contributed by atoms with E-state index in [2.05, 4.69) is 5.32 Å². The molecule has 0 aliphatic heterocycles. The third-order valence-electron chi connectivity index (χ3n) is 1.44. The molecule has 4 nitrogen and oxygen atoms in total. The van der Waals surface area contributed by atoms with Crippen LogP contribution in [0, 0.1) is 0 Å². The average Bonchev–Trinajstić information content (AvgIpc) is 1.94. The van der Waals surface area contributed by atoms with Gasteiger partial charge < -0.3 is 21.9 Å². The van der Waals surface area contributed by atoms with E-state index in [4.69, 9.17) is 16.6 Å². The van der Waals surface area contributed by atoms with Crippen LogP contribution < -0.4 is 16.8 Å². The minimum absolute atomic E-state index is 0.538. The zero-order valence-corrected chi connectivity index (χ0v) is 6.91. The van der Waals surface area contributed by atoms with Gasteiger partial charge in [0.1, 0.15) is 6.23 Å². The van der Waals surface area contributed by atoms with Gasteiger partial charge in [0.05, 0.1) is 11.4 Å². The lowest BCUT2D eigenvalue weighted by atomic mass is 10.2. The Morgan fingerprint density at radius 2 is 2.08 bits per heavy atom. The monoisotopic (exact) mass is 167 g/mol. The first-order valence-electron chi connectivity index (χ1n) is 3.69. The largest absolute Gasteiger partial charge is 0.399 e. The highest BCUT2D eigenvalue weighted by Crippen LogP contribution is 2.21. The van der Waals surface area contributed by atoms with Crippen molar-refractivity contribution >= 4 is 17.1 Å². The predicted molar refractivity (Wildman–Crippen MR) is 50.6 cm³/mol. The number of benzene rings is 1. The maximum absolute atomic E-state index is 9.00. The summed E-state index contributed by atoms with van der Waals surface area (Å²) in [7, 11) is 0. The number of nitrogen functional groups attached to an aromatic ring is 2. The molecule has 12 heavy (non-hydrogen) atoms. The van der Waals surface area contributed by atoms with Gasteiger partial charge in [-0.15, -0.1) is 0 Å². The van der Waals surface area contributed by atoms with Crippen LogP contribution in [0.3, 0.4) is 0 Å². The summed E-state index contributed by atoms with van der Waals surface area (Å²) in [5, 5.41) is 11.8. The molecule has 0 aromatic heterocycles. The molecule has 1 aromatic rings. The van der Waals surface area contributed by atoms with Crippen LogP contribution in [-0.2, 0) is 0 Å². The fourth-order valence-corrected chi connectivity index (χ4v) is 0.938. The first-order valence-corrected chi connectivity index (χ1v) is 3.69. The maximum atomic E-state index is 9.00. The molecular formula is C8H13N3O. The van der Waals surface area contributed by atoms with Crippen LogP contribution in [0.4, 0.5) is 17.1 Å². The average molecular weight is 167 g/mol. The second-order valence-electron chi connectivity index (χ2n) is 2.67. The molecule has 1 aromatic carbocycles. The van der Waals surface area contributed by atoms with Gasteiger partial charge >= 0.3 is 0 Å². The highest BCUT2D eigenvalue weighted by atomic mass is 16.3. The van der Waals surface area contributed by atoms with Crippen LogP contribution in [0.2, 0.25) is 0 Å². The molecule has 6 N–H and O–H groups in total. The summed E-state index contributed by atoms with van der Waals surface area (Å²) >= 11 is 0. The lowest BCUT2D eigenvalue weighted by Crippen LogP contribution is -2.14. The standard InChI is InChI=1S/C8H13N3O/c1-5(12)11-8-3-2-6(9)4-7(8)10/h2-5,11-12H,9-10H2,1H3. The molecule has 0 bridgehead atoms. The van der Waals surface area contributed by atoms with Gasteiger partial charge in [0, 0.05) is 5.69 Å². The minimum atomic E-state index is -0.615. The normalized spacial score (nSPS) is 12.5. The van der Waals surface area contributed by atoms with Gasteiger partial charge in [-0.05, 0) is 25.1 Å². The molecule has 4 heteroatoms. The smallest absolute Gasteiger partial charge is 0.121 e. The van der Waals surface area contributed by atoms with Crippen molar-refractivity contribution in [2.45, 2.75) is 13.2 Å². The highest BCUT2D eigenvalue weighted by Gasteiger charge is 2.00. The minimum Gasteiger partial charge on any atom is -0.399 e. The Bertz CT molecular complexity index is 273. The molecule has 1 unspecified atom stereocenters. The third kappa shape index (κ3) is 2.03. The second kappa shape index (κ2) is 3.32. The summed E-state index contributed by atoms with van der Waals surface area (Å²) in [6, 6.07) is 5.10. The van der Waals surface area contributed by atoms with Crippen LogP contribution in [0.25, 0.3) is 0 Å². The van der Waals surface area contributed by atoms with Gasteiger partial charge in [-0.25, -0.2) is 0 Å². The number of hydrogen-bond donors (Lipinski definition) is 4. The van der Waals surface area contributed by atoms with E-state index >= 15 is 0 Å². The molecular weight excluding hydrogens is 154 g/mol. The molecule has 66 valence electrons. The van der Waals surface area contributed by atoms with Gasteiger partial charge in [0.15, 0.2) is 0 Å². The Kier molecular flexibility index (Phi) is 2.40. The van der Waals surface area contributed by atoms with Crippen molar-refractivity contribution in [1.82, 2.24) is 0 Å². The topological polar surface area (TPSA) is 84.3 Å². The van der Waals surface area contributed by atoms with Gasteiger partial charge in [-0.2, -0.15) is 0 Å². The number of anilines is 3. The molecule has 0 saturated heterocycles. The van der Waals surface area contributed by atoms with Crippen LogP contribution in [-0.4, -0.2) is 11.3 Å². The molecule has 1 rings (SSSR count). The predicted octanol–water partition coefficient (Wildman–Crippen LogP) is 0.601. The van der Waals surface area contributed by atoms with Crippen molar-refractivity contribution in [2.75, 3.05) is 16.8 Å².